The third-order valence-electron chi connectivity index (χ3n) is 2.87. The standard InChI is InChI=1S/C13H22BrN3O2/c1-4-6-13(3,19)9-15-10-8-16-17(7-5-2)12(18)11(10)14/h8,15,19H,4-7,9H2,1-3H3. The van der Waals surface area contributed by atoms with Gasteiger partial charge in [-0.2, -0.15) is 5.10 Å². The van der Waals surface area contributed by atoms with E-state index in [2.05, 4.69) is 26.3 Å². The smallest absolute Gasteiger partial charge is 0.283 e. The molecule has 0 saturated heterocycles. The maximum Gasteiger partial charge on any atom is 0.283 e. The molecule has 0 radical (unpaired) electrons. The van der Waals surface area contributed by atoms with Gasteiger partial charge in [0.15, 0.2) is 0 Å². The van der Waals surface area contributed by atoms with Crippen LogP contribution in [-0.4, -0.2) is 27.0 Å². The summed E-state index contributed by atoms with van der Waals surface area (Å²) in [6.07, 6.45) is 4.09. The molecule has 0 spiro atoms. The van der Waals surface area contributed by atoms with Gasteiger partial charge in [-0.25, -0.2) is 4.68 Å². The molecule has 5 nitrogen and oxygen atoms in total. The van der Waals surface area contributed by atoms with Gasteiger partial charge in [-0.15, -0.1) is 0 Å². The van der Waals surface area contributed by atoms with Crippen molar-refractivity contribution in [2.24, 2.45) is 0 Å². The SMILES string of the molecule is CCCn1ncc(NCC(C)(O)CCC)c(Br)c1=O. The number of hydrogen-bond donors (Lipinski definition) is 2. The van der Waals surface area contributed by atoms with Crippen LogP contribution in [0.3, 0.4) is 0 Å². The number of aryl methyl sites for hydroxylation is 1. The molecule has 0 aliphatic heterocycles. The van der Waals surface area contributed by atoms with Crippen LogP contribution in [0.4, 0.5) is 5.69 Å². The molecule has 1 rings (SSSR count). The molecular formula is C13H22BrN3O2. The Bertz CT molecular complexity index is 471. The first-order chi connectivity index (χ1) is 8.91. The second-order valence-corrected chi connectivity index (χ2v) is 5.79. The van der Waals surface area contributed by atoms with Crippen molar-refractivity contribution in [3.8, 4) is 0 Å². The highest BCUT2D eigenvalue weighted by atomic mass is 79.9. The molecule has 0 fully saturated rings. The summed E-state index contributed by atoms with van der Waals surface area (Å²) < 4.78 is 1.89. The topological polar surface area (TPSA) is 67.2 Å². The summed E-state index contributed by atoms with van der Waals surface area (Å²) in [5, 5.41) is 17.3. The number of halogens is 1. The van der Waals surface area contributed by atoms with Crippen LogP contribution < -0.4 is 10.9 Å². The second-order valence-electron chi connectivity index (χ2n) is 5.00. The van der Waals surface area contributed by atoms with Crippen LogP contribution in [0.25, 0.3) is 0 Å². The van der Waals surface area contributed by atoms with Crippen molar-refractivity contribution in [2.75, 3.05) is 11.9 Å². The zero-order valence-corrected chi connectivity index (χ0v) is 13.3. The maximum absolute atomic E-state index is 12.0. The van der Waals surface area contributed by atoms with Crippen LogP contribution in [-0.2, 0) is 6.54 Å². The van der Waals surface area contributed by atoms with Gasteiger partial charge in [0.25, 0.3) is 5.56 Å². The number of nitrogens with one attached hydrogen (secondary N) is 1. The molecule has 0 aliphatic rings. The number of hydrogen-bond acceptors (Lipinski definition) is 4. The highest BCUT2D eigenvalue weighted by Crippen LogP contribution is 2.19. The first-order valence-electron chi connectivity index (χ1n) is 6.63. The summed E-state index contributed by atoms with van der Waals surface area (Å²) in [6, 6.07) is 0. The van der Waals surface area contributed by atoms with E-state index >= 15 is 0 Å². The lowest BCUT2D eigenvalue weighted by molar-refractivity contribution is 0.0636. The van der Waals surface area contributed by atoms with Gasteiger partial charge < -0.3 is 10.4 Å². The number of nitrogens with zero attached hydrogens (tertiary/aromatic N) is 2. The Morgan fingerprint density at radius 2 is 2.16 bits per heavy atom. The zero-order chi connectivity index (χ0) is 14.5. The highest BCUT2D eigenvalue weighted by Gasteiger charge is 2.19. The van der Waals surface area contributed by atoms with E-state index in [1.54, 1.807) is 13.1 Å². The van der Waals surface area contributed by atoms with E-state index in [1.807, 2.05) is 13.8 Å². The molecule has 1 aromatic heterocycles. The Labute approximate surface area is 122 Å². The number of aromatic nitrogens is 2. The van der Waals surface area contributed by atoms with Crippen molar-refractivity contribution in [1.82, 2.24) is 9.78 Å². The van der Waals surface area contributed by atoms with Gasteiger partial charge in [-0.05, 0) is 35.7 Å². The third-order valence-corrected chi connectivity index (χ3v) is 3.63. The predicted octanol–water partition coefficient (Wildman–Crippen LogP) is 2.38. The molecular weight excluding hydrogens is 310 g/mol. The van der Waals surface area contributed by atoms with E-state index in [0.29, 0.717) is 29.7 Å². The molecule has 19 heavy (non-hydrogen) atoms. The summed E-state index contributed by atoms with van der Waals surface area (Å²) in [4.78, 5) is 12.0. The predicted molar refractivity (Wildman–Crippen MR) is 80.5 cm³/mol. The van der Waals surface area contributed by atoms with Crippen molar-refractivity contribution in [2.45, 2.75) is 52.2 Å². The van der Waals surface area contributed by atoms with Gasteiger partial charge in [0, 0.05) is 13.1 Å². The minimum absolute atomic E-state index is 0.151. The van der Waals surface area contributed by atoms with Crippen LogP contribution in [0.5, 0.6) is 0 Å². The first-order valence-corrected chi connectivity index (χ1v) is 7.42. The van der Waals surface area contributed by atoms with Crippen molar-refractivity contribution < 1.29 is 5.11 Å². The van der Waals surface area contributed by atoms with E-state index in [0.717, 1.165) is 12.8 Å². The van der Waals surface area contributed by atoms with Crippen molar-refractivity contribution in [3.05, 3.63) is 21.0 Å². The Morgan fingerprint density at radius 3 is 2.74 bits per heavy atom. The minimum atomic E-state index is -0.785. The van der Waals surface area contributed by atoms with Crippen LogP contribution >= 0.6 is 15.9 Å². The van der Waals surface area contributed by atoms with E-state index in [-0.39, 0.29) is 5.56 Å². The quantitative estimate of drug-likeness (QED) is 0.804. The lowest BCUT2D eigenvalue weighted by atomic mass is 10.0. The number of rotatable bonds is 7. The van der Waals surface area contributed by atoms with Crippen molar-refractivity contribution >= 4 is 21.6 Å². The fraction of sp³-hybridized carbons (Fsp3) is 0.692. The van der Waals surface area contributed by atoms with E-state index in [4.69, 9.17) is 0 Å². The van der Waals surface area contributed by atoms with Crippen LogP contribution in [0.15, 0.2) is 15.5 Å². The summed E-state index contributed by atoms with van der Waals surface area (Å²) >= 11 is 3.29. The van der Waals surface area contributed by atoms with E-state index in [9.17, 15) is 9.90 Å². The lowest BCUT2D eigenvalue weighted by Crippen LogP contribution is -2.34. The molecule has 1 atom stereocenters. The minimum Gasteiger partial charge on any atom is -0.388 e. The molecule has 6 heteroatoms. The van der Waals surface area contributed by atoms with Crippen molar-refractivity contribution in [3.63, 3.8) is 0 Å². The van der Waals surface area contributed by atoms with Crippen LogP contribution in [0.1, 0.15) is 40.0 Å². The average molecular weight is 332 g/mol. The molecule has 0 amide bonds. The highest BCUT2D eigenvalue weighted by molar-refractivity contribution is 9.10. The maximum atomic E-state index is 12.0. The third kappa shape index (κ3) is 4.62. The fourth-order valence-corrected chi connectivity index (χ4v) is 2.32. The largest absolute Gasteiger partial charge is 0.388 e. The van der Waals surface area contributed by atoms with E-state index < -0.39 is 5.60 Å². The molecule has 0 saturated carbocycles. The first kappa shape index (κ1) is 16.2. The Morgan fingerprint density at radius 1 is 1.47 bits per heavy atom. The molecule has 0 aliphatic carbocycles. The molecule has 2 N–H and O–H groups in total. The van der Waals surface area contributed by atoms with Crippen molar-refractivity contribution in [1.29, 1.82) is 0 Å². The molecule has 1 heterocycles. The van der Waals surface area contributed by atoms with Gasteiger partial charge in [-0.3, -0.25) is 4.79 Å². The van der Waals surface area contributed by atoms with E-state index in [1.165, 1.54) is 4.68 Å². The summed E-state index contributed by atoms with van der Waals surface area (Å²) in [5.41, 5.74) is -0.317. The van der Waals surface area contributed by atoms with Gasteiger partial charge in [0.05, 0.1) is 17.5 Å². The summed E-state index contributed by atoms with van der Waals surface area (Å²) in [7, 11) is 0. The monoisotopic (exact) mass is 331 g/mol. The Balaban J connectivity index is 2.81. The molecule has 1 unspecified atom stereocenters. The normalized spacial score (nSPS) is 14.2. The van der Waals surface area contributed by atoms with Gasteiger partial charge >= 0.3 is 0 Å². The fourth-order valence-electron chi connectivity index (χ4n) is 1.87. The Kier molecular flexibility index (Phi) is 6.00. The average Bonchev–Trinajstić information content (AvgIpc) is 2.34. The van der Waals surface area contributed by atoms with Crippen LogP contribution in [0.2, 0.25) is 0 Å². The van der Waals surface area contributed by atoms with Crippen LogP contribution in [0, 0.1) is 0 Å². The zero-order valence-electron chi connectivity index (χ0n) is 11.7. The molecule has 108 valence electrons. The second kappa shape index (κ2) is 7.05. The molecule has 0 aromatic carbocycles. The Hall–Kier alpha value is -0.880. The van der Waals surface area contributed by atoms with Gasteiger partial charge in [0.1, 0.15) is 4.47 Å². The van der Waals surface area contributed by atoms with Gasteiger partial charge in [0.2, 0.25) is 0 Å². The summed E-state index contributed by atoms with van der Waals surface area (Å²) in [5.74, 6) is 0. The molecule has 1 aromatic rings. The van der Waals surface area contributed by atoms with Gasteiger partial charge in [-0.1, -0.05) is 20.3 Å². The molecule has 0 bridgehead atoms. The number of aliphatic hydroxyl groups is 1. The number of anilines is 1. The summed E-state index contributed by atoms with van der Waals surface area (Å²) in [6.45, 7) is 6.79. The lowest BCUT2D eigenvalue weighted by Gasteiger charge is -2.23.